The minimum Gasteiger partial charge on any atom is -0.385 e. The van der Waals surface area contributed by atoms with Crippen molar-refractivity contribution in [3.63, 3.8) is 0 Å². The lowest BCUT2D eigenvalue weighted by Crippen LogP contribution is -2.42. The summed E-state index contributed by atoms with van der Waals surface area (Å²) < 4.78 is 11.8. The molecule has 1 spiro atoms. The van der Waals surface area contributed by atoms with Gasteiger partial charge < -0.3 is 14.6 Å². The van der Waals surface area contributed by atoms with Gasteiger partial charge in [0, 0.05) is 18.4 Å². The van der Waals surface area contributed by atoms with Gasteiger partial charge in [-0.15, -0.1) is 15.0 Å². The molecule has 7 heteroatoms. The molecule has 41 heavy (non-hydrogen) atoms. The van der Waals surface area contributed by atoms with Crippen LogP contribution in [0.2, 0.25) is 0 Å². The highest BCUT2D eigenvalue weighted by atomic mass is 16.7. The second-order valence-corrected chi connectivity index (χ2v) is 10.9. The number of benzene rings is 4. The van der Waals surface area contributed by atoms with Gasteiger partial charge >= 0.3 is 0 Å². The molecule has 1 N–H and O–H groups in total. The van der Waals surface area contributed by atoms with Crippen LogP contribution in [0.5, 0.6) is 0 Å². The molecule has 1 aromatic heterocycles. The summed E-state index contributed by atoms with van der Waals surface area (Å²) in [5, 5.41) is 26.3. The molecule has 1 saturated heterocycles. The van der Waals surface area contributed by atoms with Gasteiger partial charge in [0.2, 0.25) is 5.82 Å². The first kappa shape index (κ1) is 25.8. The first-order chi connectivity index (χ1) is 20.1. The highest BCUT2D eigenvalue weighted by Crippen LogP contribution is 2.47. The first-order valence-corrected chi connectivity index (χ1v) is 14.2. The smallest absolute Gasteiger partial charge is 0.205 e. The van der Waals surface area contributed by atoms with Crippen molar-refractivity contribution in [1.82, 2.24) is 20.2 Å². The van der Waals surface area contributed by atoms with Crippen molar-refractivity contribution in [2.45, 2.75) is 42.6 Å². The van der Waals surface area contributed by atoms with Crippen molar-refractivity contribution in [3.05, 3.63) is 138 Å². The Hall–Kier alpha value is -4.17. The summed E-state index contributed by atoms with van der Waals surface area (Å²) in [6.07, 6.45) is 2.33. The maximum absolute atomic E-state index is 11.9. The Bertz CT molecular complexity index is 1510. The molecule has 0 bridgehead atoms. The Labute approximate surface area is 239 Å². The molecule has 7 nitrogen and oxygen atoms in total. The van der Waals surface area contributed by atoms with Crippen LogP contribution in [0.1, 0.15) is 47.9 Å². The van der Waals surface area contributed by atoms with E-state index in [1.807, 2.05) is 78.9 Å². The molecule has 2 heterocycles. The van der Waals surface area contributed by atoms with Crippen LogP contribution in [0.15, 0.2) is 115 Å². The van der Waals surface area contributed by atoms with Gasteiger partial charge in [0.15, 0.2) is 11.3 Å². The summed E-state index contributed by atoms with van der Waals surface area (Å²) in [6.45, 7) is 1.21. The second kappa shape index (κ2) is 10.3. The fraction of sp³-hybridized carbons (Fsp3) is 0.265. The Balaban J connectivity index is 1.36. The molecule has 0 amide bonds. The quantitative estimate of drug-likeness (QED) is 0.277. The number of tetrazole rings is 1. The third kappa shape index (κ3) is 4.37. The normalized spacial score (nSPS) is 18.0. The summed E-state index contributed by atoms with van der Waals surface area (Å²) in [4.78, 5) is 1.72. The lowest BCUT2D eigenvalue weighted by atomic mass is 9.75. The van der Waals surface area contributed by atoms with E-state index >= 15 is 0 Å². The van der Waals surface area contributed by atoms with Crippen molar-refractivity contribution in [1.29, 1.82) is 0 Å². The predicted molar refractivity (Wildman–Crippen MR) is 155 cm³/mol. The van der Waals surface area contributed by atoms with Crippen LogP contribution >= 0.6 is 0 Å². The predicted octanol–water partition coefficient (Wildman–Crippen LogP) is 5.69. The van der Waals surface area contributed by atoms with Crippen LogP contribution < -0.4 is 0 Å². The average Bonchev–Trinajstić information content (AvgIpc) is 3.72. The summed E-state index contributed by atoms with van der Waals surface area (Å²) in [7, 11) is 0. The van der Waals surface area contributed by atoms with E-state index in [0.29, 0.717) is 44.7 Å². The van der Waals surface area contributed by atoms with Gasteiger partial charge in [-0.05, 0) is 40.3 Å². The molecule has 1 aliphatic heterocycles. The molecule has 5 aromatic rings. The van der Waals surface area contributed by atoms with Gasteiger partial charge in [-0.2, -0.15) is 0 Å². The summed E-state index contributed by atoms with van der Waals surface area (Å²) >= 11 is 0. The third-order valence-electron chi connectivity index (χ3n) is 8.61. The van der Waals surface area contributed by atoms with E-state index in [-0.39, 0.29) is 0 Å². The second-order valence-electron chi connectivity index (χ2n) is 10.9. The molecule has 1 saturated carbocycles. The van der Waals surface area contributed by atoms with Crippen molar-refractivity contribution < 1.29 is 14.6 Å². The number of nitrogens with zero attached hydrogens (tertiary/aromatic N) is 4. The van der Waals surface area contributed by atoms with Crippen LogP contribution in [0, 0.1) is 0 Å². The van der Waals surface area contributed by atoms with Crippen molar-refractivity contribution >= 4 is 0 Å². The van der Waals surface area contributed by atoms with Gasteiger partial charge in [-0.3, -0.25) is 0 Å². The van der Waals surface area contributed by atoms with E-state index in [9.17, 15) is 5.11 Å². The number of aliphatic hydroxyl groups is 1. The Morgan fingerprint density at radius 1 is 0.634 bits per heavy atom. The topological polar surface area (TPSA) is 82.3 Å². The maximum Gasteiger partial charge on any atom is 0.205 e. The SMILES string of the molecule is OC1(c2ccccc2-c2nnn(C(c3ccccc3)(c3ccccc3)c3ccccc3)n2)CCC2(CC1)OCCO2. The van der Waals surface area contributed by atoms with Crippen LogP contribution in [0.4, 0.5) is 0 Å². The zero-order valence-corrected chi connectivity index (χ0v) is 22.8. The zero-order valence-electron chi connectivity index (χ0n) is 22.8. The van der Waals surface area contributed by atoms with Gasteiger partial charge in [0.25, 0.3) is 0 Å². The molecule has 7 rings (SSSR count). The lowest BCUT2D eigenvalue weighted by Gasteiger charge is -2.41. The van der Waals surface area contributed by atoms with Crippen LogP contribution in [0.3, 0.4) is 0 Å². The number of rotatable bonds is 6. The van der Waals surface area contributed by atoms with E-state index in [2.05, 4.69) is 41.5 Å². The van der Waals surface area contributed by atoms with Gasteiger partial charge in [0.05, 0.1) is 18.8 Å². The Kier molecular flexibility index (Phi) is 6.50. The fourth-order valence-electron chi connectivity index (χ4n) is 6.53. The van der Waals surface area contributed by atoms with Gasteiger partial charge in [-0.25, -0.2) is 0 Å². The molecule has 2 fully saturated rings. The minimum atomic E-state index is -1.04. The van der Waals surface area contributed by atoms with E-state index in [1.165, 1.54) is 0 Å². The summed E-state index contributed by atoms with van der Waals surface area (Å²) in [5.41, 5.74) is 2.71. The van der Waals surface area contributed by atoms with E-state index in [0.717, 1.165) is 27.8 Å². The Morgan fingerprint density at radius 3 is 1.66 bits per heavy atom. The number of ether oxygens (including phenoxy) is 2. The van der Waals surface area contributed by atoms with Crippen LogP contribution in [0.25, 0.3) is 11.4 Å². The van der Waals surface area contributed by atoms with E-state index < -0.39 is 16.9 Å². The van der Waals surface area contributed by atoms with E-state index in [4.69, 9.17) is 19.8 Å². The molecule has 206 valence electrons. The van der Waals surface area contributed by atoms with E-state index in [1.54, 1.807) is 4.80 Å². The average molecular weight is 545 g/mol. The van der Waals surface area contributed by atoms with Gasteiger partial charge in [-0.1, -0.05) is 115 Å². The summed E-state index contributed by atoms with van der Waals surface area (Å²) in [6, 6.07) is 38.7. The zero-order chi connectivity index (χ0) is 27.8. The minimum absolute atomic E-state index is 0.467. The standard InChI is InChI=1S/C34H32N4O3/c39-32(20-22-33(23-21-32)40-24-25-41-33)30-19-11-10-18-29(30)31-35-37-38(36-31)34(26-12-4-1-5-13-26,27-14-6-2-7-15-27)28-16-8-3-9-17-28/h1-19,39H,20-25H2. The van der Waals surface area contributed by atoms with Crippen LogP contribution in [-0.2, 0) is 20.6 Å². The molecule has 4 aromatic carbocycles. The molecule has 0 unspecified atom stereocenters. The highest BCUT2D eigenvalue weighted by Gasteiger charge is 2.47. The number of aromatic nitrogens is 4. The number of hydrogen-bond donors (Lipinski definition) is 1. The molecule has 0 atom stereocenters. The largest absolute Gasteiger partial charge is 0.385 e. The fourth-order valence-corrected chi connectivity index (χ4v) is 6.53. The van der Waals surface area contributed by atoms with Crippen molar-refractivity contribution in [2.75, 3.05) is 13.2 Å². The highest BCUT2D eigenvalue weighted by molar-refractivity contribution is 5.61. The van der Waals surface area contributed by atoms with Crippen LogP contribution in [-0.4, -0.2) is 44.3 Å². The lowest BCUT2D eigenvalue weighted by molar-refractivity contribution is -0.204. The van der Waals surface area contributed by atoms with Crippen molar-refractivity contribution in [2.24, 2.45) is 0 Å². The maximum atomic E-state index is 11.9. The third-order valence-corrected chi connectivity index (χ3v) is 8.61. The molecule has 1 aliphatic carbocycles. The monoisotopic (exact) mass is 544 g/mol. The molecule has 2 aliphatic rings. The molecular weight excluding hydrogens is 512 g/mol. The van der Waals surface area contributed by atoms with Crippen molar-refractivity contribution in [3.8, 4) is 11.4 Å². The molecular formula is C34H32N4O3. The van der Waals surface area contributed by atoms with Gasteiger partial charge in [0.1, 0.15) is 0 Å². The first-order valence-electron chi connectivity index (χ1n) is 14.2. The Morgan fingerprint density at radius 2 is 1.12 bits per heavy atom. The molecule has 0 radical (unpaired) electrons. The summed E-state index contributed by atoms with van der Waals surface area (Å²) in [5.74, 6) is -0.0988. The number of hydrogen-bond acceptors (Lipinski definition) is 6.